The molecule has 0 aliphatic heterocycles. The van der Waals surface area contributed by atoms with E-state index in [9.17, 15) is 41.1 Å². The first-order valence-electron chi connectivity index (χ1n) is 13.2. The molecule has 0 saturated carbocycles. The number of benzene rings is 4. The van der Waals surface area contributed by atoms with Crippen molar-refractivity contribution in [2.45, 2.75) is 19.6 Å². The highest BCUT2D eigenvalue weighted by molar-refractivity contribution is 7.91. The molecule has 0 amide bonds. The number of hydrogen-bond acceptors (Lipinski definition) is 9. The lowest BCUT2D eigenvalue weighted by molar-refractivity contribution is -0.849. The number of quaternary nitrogens is 1. The van der Waals surface area contributed by atoms with Gasteiger partial charge in [0, 0.05) is 0 Å². The van der Waals surface area contributed by atoms with Gasteiger partial charge in [-0.3, -0.25) is 0 Å². The van der Waals surface area contributed by atoms with E-state index in [-0.39, 0.29) is 41.8 Å². The maximum atomic E-state index is 12.3. The normalized spacial score (nSPS) is 11.1. The molecule has 4 aromatic carbocycles. The van der Waals surface area contributed by atoms with Gasteiger partial charge in [-0.25, -0.2) is 31.2 Å². The van der Waals surface area contributed by atoms with Crippen LogP contribution >= 0.6 is 0 Å². The summed E-state index contributed by atoms with van der Waals surface area (Å²) in [6.07, 6.45) is 0. The molecule has 0 aliphatic rings. The van der Waals surface area contributed by atoms with Gasteiger partial charge in [0.1, 0.15) is 0 Å². The van der Waals surface area contributed by atoms with E-state index in [4.69, 9.17) is 15.3 Å². The molecule has 4 rings (SSSR count). The molecular weight excluding hydrogens is 654 g/mol. The maximum Gasteiger partial charge on any atom is 0.335 e. The molecule has 47 heavy (non-hydrogen) atoms. The smallest absolute Gasteiger partial charge is 0.335 e. The number of rotatable bonds is 8. The fraction of sp³-hybridized carbons (Fsp3) is 0.125. The third-order valence-corrected chi connectivity index (χ3v) is 9.21. The van der Waals surface area contributed by atoms with E-state index >= 15 is 0 Å². The minimum atomic E-state index is -3.83. The molecule has 0 radical (unpaired) electrons. The van der Waals surface area contributed by atoms with Gasteiger partial charge in [-0.2, -0.15) is 0 Å². The molecule has 15 heteroatoms. The number of nitrogens with zero attached hydrogens (tertiary/aromatic N) is 1. The van der Waals surface area contributed by atoms with Gasteiger partial charge in [0.25, 0.3) is 0 Å². The SMILES string of the molecule is C[N+](C)(C)C.O=C(O)c1ccc(S(=O)(=O)c2ccc(C(=O)O)cc2)cc1.O=C([O-])c1ccc(S(=O)(=O)c2ccc(C(=O)O)cc2)cc1. The van der Waals surface area contributed by atoms with Crippen LogP contribution in [0.5, 0.6) is 0 Å². The Labute approximate surface area is 271 Å². The lowest BCUT2D eigenvalue weighted by Gasteiger charge is -2.14. The summed E-state index contributed by atoms with van der Waals surface area (Å²) in [4.78, 5) is 42.5. The van der Waals surface area contributed by atoms with Crippen LogP contribution in [-0.2, 0) is 19.7 Å². The van der Waals surface area contributed by atoms with E-state index in [1.54, 1.807) is 0 Å². The largest absolute Gasteiger partial charge is 0.545 e. The number of carboxylic acid groups (broad SMARTS) is 4. The van der Waals surface area contributed by atoms with E-state index in [2.05, 4.69) is 28.2 Å². The van der Waals surface area contributed by atoms with Gasteiger partial charge in [0.15, 0.2) is 0 Å². The molecule has 248 valence electrons. The minimum absolute atomic E-state index is 0.0184. The topological polar surface area (TPSA) is 220 Å². The van der Waals surface area contributed by atoms with Crippen molar-refractivity contribution >= 4 is 43.6 Å². The van der Waals surface area contributed by atoms with Crippen molar-refractivity contribution in [3.8, 4) is 0 Å². The number of hydrogen-bond donors (Lipinski definition) is 3. The highest BCUT2D eigenvalue weighted by Gasteiger charge is 2.19. The molecule has 0 bridgehead atoms. The summed E-state index contributed by atoms with van der Waals surface area (Å²) < 4.78 is 50.2. The summed E-state index contributed by atoms with van der Waals surface area (Å²) in [7, 11) is 0.860. The summed E-state index contributed by atoms with van der Waals surface area (Å²) in [6.45, 7) is 0. The summed E-state index contributed by atoms with van der Waals surface area (Å²) in [5, 5.41) is 36.9. The van der Waals surface area contributed by atoms with Gasteiger partial charge >= 0.3 is 17.9 Å². The summed E-state index contributed by atoms with van der Waals surface area (Å²) in [5.74, 6) is -4.85. The first kappa shape index (κ1) is 37.8. The number of aromatic carboxylic acids is 4. The second-order valence-corrected chi connectivity index (χ2v) is 14.9. The maximum absolute atomic E-state index is 12.3. The Morgan fingerprint density at radius 3 is 0.766 bits per heavy atom. The van der Waals surface area contributed by atoms with E-state index in [1.165, 1.54) is 72.8 Å². The standard InChI is InChI=1S/2C14H10O6S.C4H12N/c2*15-13(16)9-1-5-11(6-2-9)21(19,20)12-7-3-10(4-8-12)14(17)18;1-5(2,3)4/h2*1-8H,(H,15,16)(H,17,18);1-4H3/q;;+1/p-1. The zero-order valence-electron chi connectivity index (χ0n) is 25.5. The Balaban J connectivity index is 0.000000286. The van der Waals surface area contributed by atoms with Crippen molar-refractivity contribution in [3.05, 3.63) is 119 Å². The molecule has 4 aromatic rings. The number of carboxylic acids is 4. The average Bonchev–Trinajstić information content (AvgIpc) is 3.00. The Bertz CT molecular complexity index is 1690. The van der Waals surface area contributed by atoms with Crippen LogP contribution in [0.1, 0.15) is 41.4 Å². The third kappa shape index (κ3) is 10.9. The van der Waals surface area contributed by atoms with E-state index in [1.807, 2.05) is 0 Å². The van der Waals surface area contributed by atoms with Crippen LogP contribution in [0.3, 0.4) is 0 Å². The van der Waals surface area contributed by atoms with Crippen molar-refractivity contribution in [1.29, 1.82) is 0 Å². The first-order chi connectivity index (χ1) is 21.6. The second kappa shape index (κ2) is 15.3. The fourth-order valence-electron chi connectivity index (χ4n) is 3.37. The summed E-state index contributed by atoms with van der Waals surface area (Å²) in [5.41, 5.74) is -0.193. The molecule has 0 aliphatic carbocycles. The molecule has 0 fully saturated rings. The van der Waals surface area contributed by atoms with Gasteiger partial charge in [-0.15, -0.1) is 0 Å². The van der Waals surface area contributed by atoms with Crippen molar-refractivity contribution < 1.29 is 60.9 Å². The van der Waals surface area contributed by atoms with Crippen LogP contribution in [0.2, 0.25) is 0 Å². The lowest BCUT2D eigenvalue weighted by atomic mass is 10.2. The van der Waals surface area contributed by atoms with Gasteiger partial charge in [0.2, 0.25) is 19.7 Å². The highest BCUT2D eigenvalue weighted by atomic mass is 32.2. The van der Waals surface area contributed by atoms with E-state index in [0.29, 0.717) is 0 Å². The quantitative estimate of drug-likeness (QED) is 0.228. The second-order valence-electron chi connectivity index (χ2n) is 11.0. The fourth-order valence-corrected chi connectivity index (χ4v) is 5.89. The molecule has 0 aromatic heterocycles. The van der Waals surface area contributed by atoms with Crippen LogP contribution in [-0.4, -0.2) is 88.7 Å². The number of carbonyl (C=O) groups is 4. The Morgan fingerprint density at radius 2 is 0.617 bits per heavy atom. The zero-order valence-corrected chi connectivity index (χ0v) is 27.2. The number of sulfone groups is 2. The zero-order chi connectivity index (χ0) is 35.7. The van der Waals surface area contributed by atoms with Gasteiger partial charge in [0.05, 0.1) is 70.4 Å². The molecule has 13 nitrogen and oxygen atoms in total. The number of carbonyl (C=O) groups excluding carboxylic acids is 1. The predicted octanol–water partition coefficient (Wildman–Crippen LogP) is 2.82. The van der Waals surface area contributed by atoms with Crippen molar-refractivity contribution in [1.82, 2.24) is 0 Å². The van der Waals surface area contributed by atoms with E-state index < -0.39 is 43.6 Å². The molecular formula is C32H31NO12S2. The first-order valence-corrected chi connectivity index (χ1v) is 16.2. The van der Waals surface area contributed by atoms with Crippen LogP contribution in [0.15, 0.2) is 117 Å². The van der Waals surface area contributed by atoms with Crippen molar-refractivity contribution in [2.24, 2.45) is 0 Å². The van der Waals surface area contributed by atoms with Crippen LogP contribution in [0, 0.1) is 0 Å². The molecule has 0 unspecified atom stereocenters. The molecule has 3 N–H and O–H groups in total. The summed E-state index contributed by atoms with van der Waals surface area (Å²) >= 11 is 0. The van der Waals surface area contributed by atoms with Gasteiger partial charge < -0.3 is 29.7 Å². The Hall–Kier alpha value is -5.38. The molecule has 0 saturated heterocycles. The Morgan fingerprint density at radius 1 is 0.447 bits per heavy atom. The highest BCUT2D eigenvalue weighted by Crippen LogP contribution is 2.23. The van der Waals surface area contributed by atoms with Crippen LogP contribution in [0.25, 0.3) is 0 Å². The third-order valence-electron chi connectivity index (χ3n) is 5.64. The van der Waals surface area contributed by atoms with E-state index in [0.717, 1.165) is 28.7 Å². The molecule has 0 heterocycles. The monoisotopic (exact) mass is 685 g/mol. The van der Waals surface area contributed by atoms with Gasteiger partial charge in [-0.1, -0.05) is 12.1 Å². The predicted molar refractivity (Wildman–Crippen MR) is 166 cm³/mol. The summed E-state index contributed by atoms with van der Waals surface area (Å²) in [6, 6.07) is 18.9. The molecule has 0 spiro atoms. The van der Waals surface area contributed by atoms with Crippen LogP contribution < -0.4 is 5.11 Å². The molecule has 0 atom stereocenters. The van der Waals surface area contributed by atoms with Crippen molar-refractivity contribution in [3.63, 3.8) is 0 Å². The Kier molecular flexibility index (Phi) is 12.3. The van der Waals surface area contributed by atoms with Gasteiger partial charge in [-0.05, 0) is 90.5 Å². The average molecular weight is 686 g/mol. The lowest BCUT2D eigenvalue weighted by Crippen LogP contribution is -2.27. The minimum Gasteiger partial charge on any atom is -0.545 e. The van der Waals surface area contributed by atoms with Crippen molar-refractivity contribution in [2.75, 3.05) is 28.2 Å². The van der Waals surface area contributed by atoms with Crippen LogP contribution in [0.4, 0.5) is 0 Å².